The third-order valence-electron chi connectivity index (χ3n) is 2.23. The highest BCUT2D eigenvalue weighted by Gasteiger charge is 2.36. The summed E-state index contributed by atoms with van der Waals surface area (Å²) in [5.41, 5.74) is 0. The summed E-state index contributed by atoms with van der Waals surface area (Å²) in [7, 11) is 0. The summed E-state index contributed by atoms with van der Waals surface area (Å²) in [5.74, 6) is -0.214. The summed E-state index contributed by atoms with van der Waals surface area (Å²) in [6.07, 6.45) is 7.56. The van der Waals surface area contributed by atoms with Crippen LogP contribution in [0, 0.1) is 0 Å². The molecule has 0 aromatic rings. The molecule has 5 heteroatoms. The minimum atomic E-state index is -0.317. The molecule has 0 saturated carbocycles. The quantitative estimate of drug-likeness (QED) is 0.522. The lowest BCUT2D eigenvalue weighted by atomic mass is 10.3. The molecule has 0 aromatic carbocycles. The Hall–Kier alpha value is -1.10. The summed E-state index contributed by atoms with van der Waals surface area (Å²) in [4.78, 5) is 24.1. The van der Waals surface area contributed by atoms with E-state index in [2.05, 4.69) is 16.1 Å². The first-order chi connectivity index (χ1) is 6.70. The fraction of sp³-hybridized carbons (Fsp3) is 0.333. The van der Waals surface area contributed by atoms with Gasteiger partial charge in [-0.1, -0.05) is 6.08 Å². The molecule has 1 saturated heterocycles. The van der Waals surface area contributed by atoms with E-state index >= 15 is 0 Å². The smallest absolute Gasteiger partial charge is 0.231 e. The van der Waals surface area contributed by atoms with Crippen molar-refractivity contribution in [1.82, 2.24) is 8.83 Å². The number of hydrogen-bond donors (Lipinski definition) is 0. The van der Waals surface area contributed by atoms with E-state index in [1.807, 2.05) is 12.2 Å². The number of nitrogens with zero attached hydrogens (tertiary/aromatic N) is 2. The van der Waals surface area contributed by atoms with Gasteiger partial charge in [-0.3, -0.25) is 18.4 Å². The molecule has 1 fully saturated rings. The van der Waals surface area contributed by atoms with Crippen LogP contribution in [0.5, 0.6) is 0 Å². The van der Waals surface area contributed by atoms with Crippen LogP contribution in [0.3, 0.4) is 0 Å². The molecule has 1 unspecified atom stereocenters. The average Bonchev–Trinajstić information content (AvgIpc) is 2.48. The Morgan fingerprint density at radius 1 is 1.21 bits per heavy atom. The summed E-state index contributed by atoms with van der Waals surface area (Å²) in [6, 6.07) is 0. The van der Waals surface area contributed by atoms with Gasteiger partial charge in [-0.25, -0.2) is 0 Å². The van der Waals surface area contributed by atoms with Crippen LogP contribution < -0.4 is 0 Å². The molecule has 0 aromatic heterocycles. The van der Waals surface area contributed by atoms with Crippen molar-refractivity contribution in [2.75, 3.05) is 0 Å². The first-order valence-electron chi connectivity index (χ1n) is 4.34. The van der Waals surface area contributed by atoms with Crippen LogP contribution in [-0.4, -0.2) is 26.8 Å². The number of halogens is 1. The second kappa shape index (κ2) is 3.57. The molecular formula is C9H9BrN2O2. The average molecular weight is 257 g/mol. The molecule has 2 rings (SSSR count). The fourth-order valence-corrected chi connectivity index (χ4v) is 2.01. The maximum absolute atomic E-state index is 11.4. The van der Waals surface area contributed by atoms with Crippen molar-refractivity contribution in [1.29, 1.82) is 0 Å². The van der Waals surface area contributed by atoms with Gasteiger partial charge in [-0.05, 0) is 12.2 Å². The highest BCUT2D eigenvalue weighted by molar-refractivity contribution is 9.07. The Kier molecular flexibility index (Phi) is 2.41. The third kappa shape index (κ3) is 1.48. The van der Waals surface area contributed by atoms with Crippen LogP contribution in [0.15, 0.2) is 24.4 Å². The molecule has 0 aliphatic carbocycles. The number of hydrogen-bond acceptors (Lipinski definition) is 3. The second-order valence-corrected chi connectivity index (χ2v) is 3.96. The van der Waals surface area contributed by atoms with Crippen LogP contribution in [0.4, 0.5) is 0 Å². The lowest BCUT2D eigenvalue weighted by Crippen LogP contribution is -2.44. The van der Waals surface area contributed by atoms with E-state index in [1.54, 1.807) is 16.2 Å². The van der Waals surface area contributed by atoms with Crippen LogP contribution in [0.2, 0.25) is 0 Å². The normalized spacial score (nSPS) is 26.5. The van der Waals surface area contributed by atoms with E-state index in [4.69, 9.17) is 0 Å². The van der Waals surface area contributed by atoms with Crippen molar-refractivity contribution in [2.24, 2.45) is 0 Å². The topological polar surface area (TPSA) is 40.6 Å². The van der Waals surface area contributed by atoms with Crippen LogP contribution >= 0.6 is 16.1 Å². The van der Waals surface area contributed by atoms with Crippen LogP contribution in [0.1, 0.15) is 12.8 Å². The number of amides is 2. The largest absolute Gasteiger partial charge is 0.290 e. The van der Waals surface area contributed by atoms with Crippen molar-refractivity contribution in [3.05, 3.63) is 24.4 Å². The summed E-state index contributed by atoms with van der Waals surface area (Å²) in [5, 5.41) is 0. The second-order valence-electron chi connectivity index (χ2n) is 3.14. The van der Waals surface area contributed by atoms with Crippen molar-refractivity contribution < 1.29 is 9.59 Å². The predicted octanol–water partition coefficient (Wildman–Crippen LogP) is 1.16. The van der Waals surface area contributed by atoms with Gasteiger partial charge in [-0.15, -0.1) is 0 Å². The van der Waals surface area contributed by atoms with Gasteiger partial charge in [0.2, 0.25) is 11.8 Å². The molecule has 2 heterocycles. The number of imide groups is 1. The minimum Gasteiger partial charge on any atom is -0.290 e. The monoisotopic (exact) mass is 256 g/mol. The maximum Gasteiger partial charge on any atom is 0.231 e. The highest BCUT2D eigenvalue weighted by atomic mass is 79.9. The van der Waals surface area contributed by atoms with Gasteiger partial charge in [0, 0.05) is 19.0 Å². The lowest BCUT2D eigenvalue weighted by molar-refractivity contribution is -0.141. The number of allylic oxidation sites excluding steroid dienone is 2. The number of rotatable bonds is 1. The zero-order valence-electron chi connectivity index (χ0n) is 7.39. The Labute approximate surface area is 90.2 Å². The van der Waals surface area contributed by atoms with Crippen molar-refractivity contribution in [3.8, 4) is 0 Å². The van der Waals surface area contributed by atoms with Crippen molar-refractivity contribution in [3.63, 3.8) is 0 Å². The van der Waals surface area contributed by atoms with Gasteiger partial charge in [-0.2, -0.15) is 0 Å². The summed E-state index contributed by atoms with van der Waals surface area (Å²) >= 11 is 3.27. The van der Waals surface area contributed by atoms with Gasteiger partial charge >= 0.3 is 0 Å². The molecule has 2 amide bonds. The molecule has 74 valence electrons. The molecule has 0 N–H and O–H groups in total. The lowest BCUT2D eigenvalue weighted by Gasteiger charge is -2.30. The molecule has 4 nitrogen and oxygen atoms in total. The standard InChI is InChI=1S/C9H9BrN2O2/c10-11-6-2-1-3-7(11)12-8(13)4-5-9(12)14/h1-3,6-7H,4-5H2. The van der Waals surface area contributed by atoms with Crippen LogP contribution in [0.25, 0.3) is 0 Å². The van der Waals surface area contributed by atoms with Gasteiger partial charge < -0.3 is 0 Å². The molecule has 0 radical (unpaired) electrons. The molecule has 1 atom stereocenters. The van der Waals surface area contributed by atoms with Gasteiger partial charge in [0.25, 0.3) is 0 Å². The van der Waals surface area contributed by atoms with E-state index in [9.17, 15) is 9.59 Å². The molecule has 14 heavy (non-hydrogen) atoms. The van der Waals surface area contributed by atoms with E-state index in [1.165, 1.54) is 4.90 Å². The van der Waals surface area contributed by atoms with E-state index < -0.39 is 0 Å². The highest BCUT2D eigenvalue weighted by Crippen LogP contribution is 2.23. The minimum absolute atomic E-state index is 0.107. The molecule has 2 aliphatic heterocycles. The zero-order chi connectivity index (χ0) is 10.1. The van der Waals surface area contributed by atoms with E-state index in [-0.39, 0.29) is 18.0 Å². The van der Waals surface area contributed by atoms with Crippen molar-refractivity contribution in [2.45, 2.75) is 19.0 Å². The van der Waals surface area contributed by atoms with Gasteiger partial charge in [0.15, 0.2) is 0 Å². The number of carbonyl (C=O) groups is 2. The Bertz CT molecular complexity index is 322. The summed E-state index contributed by atoms with van der Waals surface area (Å²) in [6.45, 7) is 0. The third-order valence-corrected chi connectivity index (χ3v) is 2.89. The van der Waals surface area contributed by atoms with Crippen molar-refractivity contribution >= 4 is 28.0 Å². The number of carbonyl (C=O) groups excluding carboxylic acids is 2. The van der Waals surface area contributed by atoms with Gasteiger partial charge in [0.1, 0.15) is 6.17 Å². The van der Waals surface area contributed by atoms with E-state index in [0.29, 0.717) is 12.8 Å². The van der Waals surface area contributed by atoms with Crippen LogP contribution in [-0.2, 0) is 9.59 Å². The van der Waals surface area contributed by atoms with E-state index in [0.717, 1.165) is 0 Å². The fourth-order valence-electron chi connectivity index (χ4n) is 1.55. The molecule has 0 spiro atoms. The Balaban J connectivity index is 2.22. The molecule has 2 aliphatic rings. The number of likely N-dealkylation sites (tertiary alicyclic amines) is 1. The maximum atomic E-state index is 11.4. The molecular weight excluding hydrogens is 248 g/mol. The first-order valence-corrected chi connectivity index (χ1v) is 5.05. The SMILES string of the molecule is O=C1CCC(=O)N1C1C=CC=CN1Br. The zero-order valence-corrected chi connectivity index (χ0v) is 8.98. The Morgan fingerprint density at radius 2 is 1.86 bits per heavy atom. The summed E-state index contributed by atoms with van der Waals surface area (Å²) < 4.78 is 1.66. The molecule has 0 bridgehead atoms. The first kappa shape index (κ1) is 9.45. The Morgan fingerprint density at radius 3 is 2.43 bits per heavy atom. The van der Waals surface area contributed by atoms with Gasteiger partial charge in [0.05, 0.1) is 16.1 Å². The predicted molar refractivity (Wildman–Crippen MR) is 53.9 cm³/mol.